The minimum atomic E-state index is -0.880. The summed E-state index contributed by atoms with van der Waals surface area (Å²) in [6.45, 7) is 5.70. The topological polar surface area (TPSA) is 88.7 Å². The van der Waals surface area contributed by atoms with Gasteiger partial charge in [-0.2, -0.15) is 0 Å². The molecule has 0 aliphatic rings. The molecule has 190 valence electrons. The molecule has 0 saturated heterocycles. The second-order valence-corrected chi connectivity index (χ2v) is 9.17. The summed E-state index contributed by atoms with van der Waals surface area (Å²) in [4.78, 5) is 25.2. The molecule has 0 bridgehead atoms. The normalized spacial score (nSPS) is 11.9. The van der Waals surface area contributed by atoms with Gasteiger partial charge in [-0.25, -0.2) is 9.18 Å². The summed E-state index contributed by atoms with van der Waals surface area (Å²) in [6, 6.07) is 22.8. The molecule has 36 heavy (non-hydrogen) atoms. The number of carbonyl (C=O) groups is 2. The van der Waals surface area contributed by atoms with Crippen LogP contribution in [0.4, 0.5) is 26.2 Å². The number of hydrogen-bond donors (Lipinski definition) is 3. The number of halogens is 1. The van der Waals surface area contributed by atoms with Crippen LogP contribution >= 0.6 is 0 Å². The smallest absolute Gasteiger partial charge is 0.407 e. The van der Waals surface area contributed by atoms with E-state index in [9.17, 15) is 14.0 Å². The van der Waals surface area contributed by atoms with E-state index in [0.717, 1.165) is 11.3 Å². The molecule has 2 amide bonds. The molecular formula is C28H32FN3O4. The van der Waals surface area contributed by atoms with Crippen molar-refractivity contribution in [1.29, 1.82) is 0 Å². The molecule has 0 radical (unpaired) electrons. The molecule has 0 saturated carbocycles. The molecular weight excluding hydrogens is 461 g/mol. The van der Waals surface area contributed by atoms with Crippen molar-refractivity contribution in [3.8, 4) is 0 Å². The predicted molar refractivity (Wildman–Crippen MR) is 139 cm³/mol. The average Bonchev–Trinajstić information content (AvgIpc) is 2.83. The number of benzene rings is 3. The van der Waals surface area contributed by atoms with Crippen molar-refractivity contribution in [1.82, 2.24) is 5.32 Å². The first kappa shape index (κ1) is 26.7. The maximum atomic E-state index is 14.0. The standard InChI is InChI=1S/C28H32FN3O4/c1-28(2,3)36-27(34)30-17-16-25(35-19-20-10-6-4-7-11-20)26(33)32-23-15-14-21(29)18-24(23)31-22-12-8-5-9-13-22/h4-15,18,25,31H,16-17,19H2,1-3H3,(H,30,34)(H,32,33). The lowest BCUT2D eigenvalue weighted by atomic mass is 10.2. The van der Waals surface area contributed by atoms with Crippen LogP contribution < -0.4 is 16.0 Å². The Hall–Kier alpha value is -3.91. The van der Waals surface area contributed by atoms with Gasteiger partial charge in [0.15, 0.2) is 0 Å². The largest absolute Gasteiger partial charge is 0.444 e. The van der Waals surface area contributed by atoms with E-state index >= 15 is 0 Å². The summed E-state index contributed by atoms with van der Waals surface area (Å²) < 4.78 is 25.2. The second-order valence-electron chi connectivity index (χ2n) is 9.17. The third-order valence-electron chi connectivity index (χ3n) is 4.95. The number of alkyl carbamates (subject to hydrolysis) is 1. The fourth-order valence-electron chi connectivity index (χ4n) is 3.30. The van der Waals surface area contributed by atoms with E-state index in [2.05, 4.69) is 16.0 Å². The fourth-order valence-corrected chi connectivity index (χ4v) is 3.30. The molecule has 1 atom stereocenters. The van der Waals surface area contributed by atoms with E-state index in [4.69, 9.17) is 9.47 Å². The number of ether oxygens (including phenoxy) is 2. The molecule has 0 aromatic heterocycles. The number of anilines is 3. The Labute approximate surface area is 211 Å². The van der Waals surface area contributed by atoms with Gasteiger partial charge in [0.2, 0.25) is 0 Å². The highest BCUT2D eigenvalue weighted by Gasteiger charge is 2.22. The number of nitrogens with one attached hydrogen (secondary N) is 3. The number of amides is 2. The zero-order valence-electron chi connectivity index (χ0n) is 20.7. The van der Waals surface area contributed by atoms with Crippen LogP contribution in [0.3, 0.4) is 0 Å². The minimum Gasteiger partial charge on any atom is -0.444 e. The number of carbonyl (C=O) groups excluding carboxylic acids is 2. The van der Waals surface area contributed by atoms with Crippen molar-refractivity contribution >= 4 is 29.1 Å². The van der Waals surface area contributed by atoms with Crippen LogP contribution in [0.1, 0.15) is 32.8 Å². The van der Waals surface area contributed by atoms with Crippen LogP contribution in [0.2, 0.25) is 0 Å². The van der Waals surface area contributed by atoms with Crippen molar-refractivity contribution in [3.05, 3.63) is 90.2 Å². The number of rotatable bonds is 10. The lowest BCUT2D eigenvalue weighted by Gasteiger charge is -2.21. The van der Waals surface area contributed by atoms with E-state index in [1.165, 1.54) is 18.2 Å². The molecule has 0 heterocycles. The summed E-state index contributed by atoms with van der Waals surface area (Å²) in [5, 5.41) is 8.61. The molecule has 0 fully saturated rings. The van der Waals surface area contributed by atoms with E-state index < -0.39 is 29.5 Å². The summed E-state index contributed by atoms with van der Waals surface area (Å²) in [5.74, 6) is -0.857. The SMILES string of the molecule is CC(C)(C)OC(=O)NCCC(OCc1ccccc1)C(=O)Nc1ccc(F)cc1Nc1ccccc1. The molecule has 8 heteroatoms. The lowest BCUT2D eigenvalue weighted by Crippen LogP contribution is -2.37. The van der Waals surface area contributed by atoms with Crippen molar-refractivity contribution in [2.45, 2.75) is 45.5 Å². The molecule has 3 N–H and O–H groups in total. The molecule has 0 aliphatic heterocycles. The highest BCUT2D eigenvalue weighted by atomic mass is 19.1. The fraction of sp³-hybridized carbons (Fsp3) is 0.286. The van der Waals surface area contributed by atoms with Gasteiger partial charge in [0.25, 0.3) is 5.91 Å². The average molecular weight is 494 g/mol. The first-order chi connectivity index (χ1) is 17.2. The minimum absolute atomic E-state index is 0.167. The van der Waals surface area contributed by atoms with Crippen LogP contribution in [0.5, 0.6) is 0 Å². The van der Waals surface area contributed by atoms with Crippen molar-refractivity contribution in [2.75, 3.05) is 17.2 Å². The van der Waals surface area contributed by atoms with Gasteiger partial charge >= 0.3 is 6.09 Å². The van der Waals surface area contributed by atoms with E-state index in [-0.39, 0.29) is 19.6 Å². The van der Waals surface area contributed by atoms with Gasteiger partial charge in [-0.3, -0.25) is 4.79 Å². The third-order valence-corrected chi connectivity index (χ3v) is 4.95. The molecule has 3 aromatic rings. The van der Waals surface area contributed by atoms with Crippen molar-refractivity contribution < 1.29 is 23.5 Å². The maximum Gasteiger partial charge on any atom is 0.407 e. The van der Waals surface area contributed by atoms with Gasteiger partial charge in [0, 0.05) is 18.7 Å². The summed E-state index contributed by atoms with van der Waals surface area (Å²) >= 11 is 0. The first-order valence-corrected chi connectivity index (χ1v) is 11.7. The Morgan fingerprint density at radius 3 is 2.25 bits per heavy atom. The number of para-hydroxylation sites is 1. The molecule has 0 aliphatic carbocycles. The van der Waals surface area contributed by atoms with E-state index in [0.29, 0.717) is 11.4 Å². The highest BCUT2D eigenvalue weighted by Crippen LogP contribution is 2.27. The summed E-state index contributed by atoms with van der Waals surface area (Å²) in [5.41, 5.74) is 1.83. The molecule has 0 spiro atoms. The van der Waals surface area contributed by atoms with Crippen LogP contribution in [-0.2, 0) is 20.9 Å². The summed E-state index contributed by atoms with van der Waals surface area (Å²) in [7, 11) is 0. The number of hydrogen-bond acceptors (Lipinski definition) is 5. The quantitative estimate of drug-likeness (QED) is 0.322. The van der Waals surface area contributed by atoms with Gasteiger partial charge in [0.05, 0.1) is 18.0 Å². The Bertz CT molecular complexity index is 1130. The third kappa shape index (κ3) is 9.03. The molecule has 7 nitrogen and oxygen atoms in total. The zero-order valence-corrected chi connectivity index (χ0v) is 20.7. The van der Waals surface area contributed by atoms with Crippen LogP contribution in [-0.4, -0.2) is 30.3 Å². The maximum absolute atomic E-state index is 14.0. The van der Waals surface area contributed by atoms with Crippen LogP contribution in [0, 0.1) is 5.82 Å². The van der Waals surface area contributed by atoms with E-state index in [1.54, 1.807) is 20.8 Å². The van der Waals surface area contributed by atoms with Crippen molar-refractivity contribution in [3.63, 3.8) is 0 Å². The first-order valence-electron chi connectivity index (χ1n) is 11.7. The lowest BCUT2D eigenvalue weighted by molar-refractivity contribution is -0.128. The van der Waals surface area contributed by atoms with Crippen LogP contribution in [0.15, 0.2) is 78.9 Å². The van der Waals surface area contributed by atoms with Gasteiger partial charge in [-0.15, -0.1) is 0 Å². The Morgan fingerprint density at radius 2 is 1.58 bits per heavy atom. The zero-order chi connectivity index (χ0) is 26.0. The van der Waals surface area contributed by atoms with Gasteiger partial charge in [0.1, 0.15) is 17.5 Å². The second kappa shape index (κ2) is 12.7. The molecule has 1 unspecified atom stereocenters. The van der Waals surface area contributed by atoms with Gasteiger partial charge < -0.3 is 25.4 Å². The van der Waals surface area contributed by atoms with Gasteiger partial charge in [-0.1, -0.05) is 48.5 Å². The Kier molecular flexibility index (Phi) is 9.41. The van der Waals surface area contributed by atoms with E-state index in [1.807, 2.05) is 60.7 Å². The summed E-state index contributed by atoms with van der Waals surface area (Å²) in [6.07, 6.45) is -1.24. The highest BCUT2D eigenvalue weighted by molar-refractivity contribution is 5.97. The monoisotopic (exact) mass is 493 g/mol. The molecule has 3 aromatic carbocycles. The predicted octanol–water partition coefficient (Wildman–Crippen LogP) is 6.01. The van der Waals surface area contributed by atoms with Crippen LogP contribution in [0.25, 0.3) is 0 Å². The van der Waals surface area contributed by atoms with Crippen molar-refractivity contribution in [2.24, 2.45) is 0 Å². The Morgan fingerprint density at radius 1 is 0.917 bits per heavy atom. The van der Waals surface area contributed by atoms with Gasteiger partial charge in [-0.05, 0) is 56.7 Å². The Balaban J connectivity index is 1.70. The molecule has 3 rings (SSSR count).